The van der Waals surface area contributed by atoms with Crippen LogP contribution in [0.2, 0.25) is 5.15 Å². The highest BCUT2D eigenvalue weighted by atomic mass is 35.5. The highest BCUT2D eigenvalue weighted by Gasteiger charge is 2.36. The van der Waals surface area contributed by atoms with Gasteiger partial charge in [0.1, 0.15) is 10.0 Å². The molecular weight excluding hydrogens is 296 g/mol. The maximum atomic E-state index is 12.6. The van der Waals surface area contributed by atoms with Crippen molar-refractivity contribution in [2.24, 2.45) is 11.8 Å². The first kappa shape index (κ1) is 14.3. The Balaban J connectivity index is 1.79. The molecular formula is C14H19ClN2O2S. The van der Waals surface area contributed by atoms with E-state index in [1.165, 1.54) is 37.6 Å². The summed E-state index contributed by atoms with van der Waals surface area (Å²) in [6.45, 7) is 1.29. The van der Waals surface area contributed by atoms with Crippen molar-refractivity contribution in [3.8, 4) is 0 Å². The number of hydrogen-bond acceptors (Lipinski definition) is 3. The topological polar surface area (TPSA) is 50.3 Å². The third-order valence-corrected chi connectivity index (χ3v) is 6.66. The van der Waals surface area contributed by atoms with Crippen LogP contribution in [0.3, 0.4) is 0 Å². The molecule has 110 valence electrons. The van der Waals surface area contributed by atoms with E-state index in [4.69, 9.17) is 11.6 Å². The number of aromatic nitrogens is 1. The molecule has 0 aromatic carbocycles. The summed E-state index contributed by atoms with van der Waals surface area (Å²) in [5.41, 5.74) is 0. The van der Waals surface area contributed by atoms with Crippen LogP contribution < -0.4 is 0 Å². The van der Waals surface area contributed by atoms with Gasteiger partial charge in [-0.1, -0.05) is 30.9 Å². The van der Waals surface area contributed by atoms with E-state index in [9.17, 15) is 8.42 Å². The molecule has 1 saturated heterocycles. The van der Waals surface area contributed by atoms with Gasteiger partial charge in [-0.05, 0) is 36.8 Å². The van der Waals surface area contributed by atoms with E-state index in [2.05, 4.69) is 4.98 Å². The van der Waals surface area contributed by atoms with Crippen molar-refractivity contribution in [3.63, 3.8) is 0 Å². The summed E-state index contributed by atoms with van der Waals surface area (Å²) in [7, 11) is -3.42. The van der Waals surface area contributed by atoms with Crippen molar-refractivity contribution in [1.82, 2.24) is 9.29 Å². The third-order valence-electron chi connectivity index (χ3n) is 4.59. The van der Waals surface area contributed by atoms with Gasteiger partial charge in [0.2, 0.25) is 10.0 Å². The van der Waals surface area contributed by atoms with Gasteiger partial charge in [0.05, 0.1) is 0 Å². The van der Waals surface area contributed by atoms with Gasteiger partial charge < -0.3 is 0 Å². The molecule has 1 aliphatic heterocycles. The molecule has 3 rings (SSSR count). The predicted octanol–water partition coefficient (Wildman–Crippen LogP) is 2.94. The van der Waals surface area contributed by atoms with Crippen molar-refractivity contribution in [2.75, 3.05) is 13.1 Å². The lowest BCUT2D eigenvalue weighted by Crippen LogP contribution is -2.44. The molecule has 2 unspecified atom stereocenters. The molecule has 20 heavy (non-hydrogen) atoms. The van der Waals surface area contributed by atoms with Gasteiger partial charge in [0.15, 0.2) is 0 Å². The number of rotatable bonds is 2. The fourth-order valence-corrected chi connectivity index (χ4v) is 5.02. The van der Waals surface area contributed by atoms with Gasteiger partial charge in [0.25, 0.3) is 0 Å². The highest BCUT2D eigenvalue weighted by Crippen LogP contribution is 2.37. The van der Waals surface area contributed by atoms with Crippen LogP contribution in [0.25, 0.3) is 0 Å². The largest absolute Gasteiger partial charge is 0.244 e. The van der Waals surface area contributed by atoms with Crippen LogP contribution in [0.5, 0.6) is 0 Å². The van der Waals surface area contributed by atoms with Crippen LogP contribution in [0.15, 0.2) is 23.2 Å². The molecule has 1 aromatic rings. The van der Waals surface area contributed by atoms with E-state index in [-0.39, 0.29) is 4.90 Å². The van der Waals surface area contributed by atoms with Gasteiger partial charge in [-0.25, -0.2) is 13.4 Å². The van der Waals surface area contributed by atoms with Crippen LogP contribution in [0, 0.1) is 11.8 Å². The Morgan fingerprint density at radius 3 is 2.60 bits per heavy atom. The molecule has 0 spiro atoms. The second-order valence-electron chi connectivity index (χ2n) is 5.77. The fraction of sp³-hybridized carbons (Fsp3) is 0.643. The molecule has 1 saturated carbocycles. The van der Waals surface area contributed by atoms with Gasteiger partial charge >= 0.3 is 0 Å². The zero-order chi connectivity index (χ0) is 14.2. The summed E-state index contributed by atoms with van der Waals surface area (Å²) in [6, 6.07) is 3.07. The Labute approximate surface area is 125 Å². The fourth-order valence-electron chi connectivity index (χ4n) is 3.45. The van der Waals surface area contributed by atoms with Crippen molar-refractivity contribution in [1.29, 1.82) is 0 Å². The van der Waals surface area contributed by atoms with Crippen molar-refractivity contribution in [2.45, 2.75) is 37.0 Å². The molecule has 1 aromatic heterocycles. The van der Waals surface area contributed by atoms with Crippen LogP contribution in [-0.4, -0.2) is 30.8 Å². The second-order valence-corrected chi connectivity index (χ2v) is 8.10. The van der Waals surface area contributed by atoms with Crippen molar-refractivity contribution < 1.29 is 8.42 Å². The lowest BCUT2D eigenvalue weighted by atomic mass is 9.76. The van der Waals surface area contributed by atoms with E-state index in [1.807, 2.05) is 0 Å². The number of pyridine rings is 1. The molecule has 1 aliphatic carbocycles. The first-order valence-corrected chi connectivity index (χ1v) is 9.01. The van der Waals surface area contributed by atoms with Crippen LogP contribution in [0.1, 0.15) is 32.1 Å². The lowest BCUT2D eigenvalue weighted by molar-refractivity contribution is 0.136. The lowest BCUT2D eigenvalue weighted by Gasteiger charge is -2.40. The first-order chi connectivity index (χ1) is 9.57. The first-order valence-electron chi connectivity index (χ1n) is 7.19. The number of nitrogens with zero attached hydrogens (tertiary/aromatic N) is 2. The molecule has 0 amide bonds. The Morgan fingerprint density at radius 2 is 1.90 bits per heavy atom. The highest BCUT2D eigenvalue weighted by molar-refractivity contribution is 7.89. The molecule has 4 nitrogen and oxygen atoms in total. The monoisotopic (exact) mass is 314 g/mol. The normalized spacial score (nSPS) is 28.1. The average Bonchev–Trinajstić information content (AvgIpc) is 2.47. The van der Waals surface area contributed by atoms with Crippen LogP contribution in [0.4, 0.5) is 0 Å². The van der Waals surface area contributed by atoms with E-state index in [0.29, 0.717) is 24.2 Å². The molecule has 6 heteroatoms. The Kier molecular flexibility index (Phi) is 4.02. The Morgan fingerprint density at radius 1 is 1.15 bits per heavy atom. The zero-order valence-corrected chi connectivity index (χ0v) is 12.9. The van der Waals surface area contributed by atoms with E-state index in [1.54, 1.807) is 4.31 Å². The Hall–Kier alpha value is -0.650. The van der Waals surface area contributed by atoms with Crippen molar-refractivity contribution in [3.05, 3.63) is 23.5 Å². The predicted molar refractivity (Wildman–Crippen MR) is 78.1 cm³/mol. The number of piperidine rings is 1. The number of fused-ring (bicyclic) bond motifs is 1. The van der Waals surface area contributed by atoms with E-state index < -0.39 is 10.0 Å². The molecule has 2 atom stereocenters. The summed E-state index contributed by atoms with van der Waals surface area (Å²) in [5, 5.41) is 0.315. The minimum Gasteiger partial charge on any atom is -0.243 e. The van der Waals surface area contributed by atoms with Crippen LogP contribution in [-0.2, 0) is 10.0 Å². The minimum atomic E-state index is -3.42. The quantitative estimate of drug-likeness (QED) is 0.789. The summed E-state index contributed by atoms with van der Waals surface area (Å²) in [4.78, 5) is 4.13. The summed E-state index contributed by atoms with van der Waals surface area (Å²) >= 11 is 5.72. The minimum absolute atomic E-state index is 0.246. The van der Waals surface area contributed by atoms with E-state index in [0.717, 1.165) is 18.8 Å². The summed E-state index contributed by atoms with van der Waals surface area (Å²) in [6.07, 6.45) is 7.30. The number of sulfonamides is 1. The zero-order valence-electron chi connectivity index (χ0n) is 11.3. The summed E-state index contributed by atoms with van der Waals surface area (Å²) < 4.78 is 26.9. The molecule has 2 aliphatic rings. The van der Waals surface area contributed by atoms with Crippen LogP contribution >= 0.6 is 11.6 Å². The molecule has 2 fully saturated rings. The number of hydrogen-bond donors (Lipinski definition) is 0. The molecule has 0 N–H and O–H groups in total. The molecule has 2 heterocycles. The number of halogens is 1. The SMILES string of the molecule is O=S(=O)(c1ccc(Cl)nc1)N1CCC2CCCCC2C1. The van der Waals surface area contributed by atoms with E-state index >= 15 is 0 Å². The molecule has 0 radical (unpaired) electrons. The van der Waals surface area contributed by atoms with Gasteiger partial charge in [-0.3, -0.25) is 0 Å². The average molecular weight is 315 g/mol. The third kappa shape index (κ3) is 2.71. The van der Waals surface area contributed by atoms with Gasteiger partial charge in [0, 0.05) is 19.3 Å². The smallest absolute Gasteiger partial charge is 0.243 e. The van der Waals surface area contributed by atoms with Gasteiger partial charge in [-0.15, -0.1) is 0 Å². The Bertz CT molecular complexity index is 573. The van der Waals surface area contributed by atoms with Crippen molar-refractivity contribution >= 4 is 21.6 Å². The summed E-state index contributed by atoms with van der Waals surface area (Å²) in [5.74, 6) is 1.26. The maximum Gasteiger partial charge on any atom is 0.244 e. The maximum absolute atomic E-state index is 12.6. The standard InChI is InChI=1S/C14H19ClN2O2S/c15-14-6-5-13(9-16-14)20(18,19)17-8-7-11-3-1-2-4-12(11)10-17/h5-6,9,11-12H,1-4,7-8,10H2. The van der Waals surface area contributed by atoms with Gasteiger partial charge in [-0.2, -0.15) is 4.31 Å². The molecule has 0 bridgehead atoms. The second kappa shape index (κ2) is 5.62.